The van der Waals surface area contributed by atoms with Crippen molar-refractivity contribution < 1.29 is 18.7 Å². The molecule has 0 radical (unpaired) electrons. The zero-order chi connectivity index (χ0) is 20.1. The van der Waals surface area contributed by atoms with E-state index in [0.29, 0.717) is 25.9 Å². The van der Waals surface area contributed by atoms with E-state index in [1.165, 1.54) is 23.8 Å². The van der Waals surface area contributed by atoms with E-state index in [-0.39, 0.29) is 23.5 Å². The van der Waals surface area contributed by atoms with Crippen molar-refractivity contribution in [1.29, 1.82) is 0 Å². The van der Waals surface area contributed by atoms with E-state index in [1.54, 1.807) is 23.1 Å². The molecule has 28 heavy (non-hydrogen) atoms. The van der Waals surface area contributed by atoms with Gasteiger partial charge in [-0.15, -0.1) is 0 Å². The summed E-state index contributed by atoms with van der Waals surface area (Å²) in [4.78, 5) is 26.1. The van der Waals surface area contributed by atoms with Crippen molar-refractivity contribution >= 4 is 18.0 Å². The summed E-state index contributed by atoms with van der Waals surface area (Å²) in [7, 11) is 0. The number of amides is 1. The van der Waals surface area contributed by atoms with Gasteiger partial charge in [0.2, 0.25) is 0 Å². The molecule has 0 aliphatic carbocycles. The highest BCUT2D eigenvalue weighted by Crippen LogP contribution is 2.18. The minimum absolute atomic E-state index is 0.0781. The SMILES string of the molecule is Cc1ccc(/C=C/C(=O)OC2CCN(C(=O)c3ccccc3F)CC2)c(C)c1. The maximum absolute atomic E-state index is 13.8. The molecule has 146 valence electrons. The quantitative estimate of drug-likeness (QED) is 0.586. The van der Waals surface area contributed by atoms with Gasteiger partial charge in [0.1, 0.15) is 11.9 Å². The van der Waals surface area contributed by atoms with Crippen molar-refractivity contribution in [3.63, 3.8) is 0 Å². The van der Waals surface area contributed by atoms with E-state index < -0.39 is 5.82 Å². The third kappa shape index (κ3) is 4.85. The largest absolute Gasteiger partial charge is 0.459 e. The highest BCUT2D eigenvalue weighted by atomic mass is 19.1. The molecular formula is C23H24FNO3. The van der Waals surface area contributed by atoms with Crippen LogP contribution in [0.5, 0.6) is 0 Å². The fraction of sp³-hybridized carbons (Fsp3) is 0.304. The molecule has 1 aliphatic rings. The zero-order valence-electron chi connectivity index (χ0n) is 16.2. The van der Waals surface area contributed by atoms with Gasteiger partial charge in [0, 0.05) is 32.0 Å². The van der Waals surface area contributed by atoms with Crippen LogP contribution in [-0.2, 0) is 9.53 Å². The molecule has 5 heteroatoms. The number of halogens is 1. The molecule has 0 spiro atoms. The Kier molecular flexibility index (Phi) is 6.24. The molecule has 2 aromatic rings. The van der Waals surface area contributed by atoms with Crippen molar-refractivity contribution in [2.24, 2.45) is 0 Å². The Morgan fingerprint density at radius 2 is 1.82 bits per heavy atom. The van der Waals surface area contributed by atoms with Crippen molar-refractivity contribution in [2.75, 3.05) is 13.1 Å². The summed E-state index contributed by atoms with van der Waals surface area (Å²) in [5.74, 6) is -1.23. The number of aryl methyl sites for hydroxylation is 2. The third-order valence-electron chi connectivity index (χ3n) is 4.94. The number of nitrogens with zero attached hydrogens (tertiary/aromatic N) is 1. The second kappa shape index (κ2) is 8.83. The fourth-order valence-electron chi connectivity index (χ4n) is 3.36. The molecule has 0 aromatic heterocycles. The molecule has 2 aromatic carbocycles. The smallest absolute Gasteiger partial charge is 0.331 e. The molecule has 0 bridgehead atoms. The van der Waals surface area contributed by atoms with Crippen LogP contribution in [0.2, 0.25) is 0 Å². The van der Waals surface area contributed by atoms with E-state index in [1.807, 2.05) is 26.0 Å². The van der Waals surface area contributed by atoms with Gasteiger partial charge in [-0.25, -0.2) is 9.18 Å². The average molecular weight is 381 g/mol. The van der Waals surface area contributed by atoms with Crippen LogP contribution in [0.25, 0.3) is 6.08 Å². The number of hydrogen-bond acceptors (Lipinski definition) is 3. The number of rotatable bonds is 4. The number of hydrogen-bond donors (Lipinski definition) is 0. The Bertz CT molecular complexity index is 898. The second-order valence-corrected chi connectivity index (χ2v) is 7.10. The number of piperidine rings is 1. The van der Waals surface area contributed by atoms with Gasteiger partial charge in [-0.2, -0.15) is 0 Å². The Labute approximate surface area is 164 Å². The number of benzene rings is 2. The van der Waals surface area contributed by atoms with Gasteiger partial charge < -0.3 is 9.64 Å². The van der Waals surface area contributed by atoms with Crippen LogP contribution in [0.3, 0.4) is 0 Å². The number of likely N-dealkylation sites (tertiary alicyclic amines) is 1. The first-order valence-corrected chi connectivity index (χ1v) is 9.44. The number of carbonyl (C=O) groups is 2. The molecule has 1 fully saturated rings. The summed E-state index contributed by atoms with van der Waals surface area (Å²) in [6, 6.07) is 12.0. The van der Waals surface area contributed by atoms with Crippen LogP contribution in [-0.4, -0.2) is 36.0 Å². The molecule has 1 heterocycles. The molecule has 4 nitrogen and oxygen atoms in total. The number of esters is 1. The van der Waals surface area contributed by atoms with Crippen molar-refractivity contribution in [3.8, 4) is 0 Å². The van der Waals surface area contributed by atoms with Crippen molar-refractivity contribution in [3.05, 3.63) is 76.6 Å². The minimum atomic E-state index is -0.516. The minimum Gasteiger partial charge on any atom is -0.459 e. The first kappa shape index (κ1) is 19.8. The fourth-order valence-corrected chi connectivity index (χ4v) is 3.36. The molecular weight excluding hydrogens is 357 g/mol. The molecule has 3 rings (SSSR count). The van der Waals surface area contributed by atoms with Crippen LogP contribution >= 0.6 is 0 Å². The summed E-state index contributed by atoms with van der Waals surface area (Å²) in [6.07, 6.45) is 4.05. The van der Waals surface area contributed by atoms with E-state index >= 15 is 0 Å². The van der Waals surface area contributed by atoms with Gasteiger partial charge in [0.15, 0.2) is 0 Å². The topological polar surface area (TPSA) is 46.6 Å². The lowest BCUT2D eigenvalue weighted by Crippen LogP contribution is -2.41. The molecule has 1 aliphatic heterocycles. The molecule has 0 N–H and O–H groups in total. The monoisotopic (exact) mass is 381 g/mol. The molecule has 0 saturated carbocycles. The van der Waals surface area contributed by atoms with E-state index in [9.17, 15) is 14.0 Å². The van der Waals surface area contributed by atoms with E-state index in [4.69, 9.17) is 4.74 Å². The van der Waals surface area contributed by atoms with Crippen LogP contribution in [0.4, 0.5) is 4.39 Å². The van der Waals surface area contributed by atoms with Gasteiger partial charge in [0.25, 0.3) is 5.91 Å². The summed E-state index contributed by atoms with van der Waals surface area (Å²) in [5.41, 5.74) is 3.33. The Hall–Kier alpha value is -2.95. The predicted octanol–water partition coefficient (Wildman–Crippen LogP) is 4.30. The lowest BCUT2D eigenvalue weighted by Gasteiger charge is -2.31. The van der Waals surface area contributed by atoms with Gasteiger partial charge in [-0.3, -0.25) is 4.79 Å². The van der Waals surface area contributed by atoms with Gasteiger partial charge >= 0.3 is 5.97 Å². The Morgan fingerprint density at radius 3 is 2.50 bits per heavy atom. The van der Waals surface area contributed by atoms with Crippen LogP contribution in [0.1, 0.15) is 39.9 Å². The molecule has 1 saturated heterocycles. The van der Waals surface area contributed by atoms with Gasteiger partial charge in [0.05, 0.1) is 5.56 Å². The third-order valence-corrected chi connectivity index (χ3v) is 4.94. The Balaban J connectivity index is 1.51. The first-order chi connectivity index (χ1) is 13.4. The standard InChI is InChI=1S/C23H24FNO3/c1-16-7-8-18(17(2)15-16)9-10-22(26)28-19-11-13-25(14-12-19)23(27)20-5-3-4-6-21(20)24/h3-10,15,19H,11-14H2,1-2H3/b10-9+. The maximum atomic E-state index is 13.8. The van der Waals surface area contributed by atoms with E-state index in [0.717, 1.165) is 11.1 Å². The summed E-state index contributed by atoms with van der Waals surface area (Å²) >= 11 is 0. The summed E-state index contributed by atoms with van der Waals surface area (Å²) in [6.45, 7) is 4.90. The zero-order valence-corrected chi connectivity index (χ0v) is 16.2. The van der Waals surface area contributed by atoms with Gasteiger partial charge in [-0.05, 0) is 43.2 Å². The average Bonchev–Trinajstić information content (AvgIpc) is 2.68. The Morgan fingerprint density at radius 1 is 1.11 bits per heavy atom. The summed E-state index contributed by atoms with van der Waals surface area (Å²) < 4.78 is 19.3. The predicted molar refractivity (Wildman–Crippen MR) is 106 cm³/mol. The molecule has 0 unspecified atom stereocenters. The summed E-state index contributed by atoms with van der Waals surface area (Å²) in [5, 5.41) is 0. The van der Waals surface area contributed by atoms with Crippen molar-refractivity contribution in [2.45, 2.75) is 32.8 Å². The highest BCUT2D eigenvalue weighted by molar-refractivity contribution is 5.94. The number of carbonyl (C=O) groups excluding carboxylic acids is 2. The normalized spacial score (nSPS) is 15.0. The van der Waals surface area contributed by atoms with Crippen LogP contribution in [0, 0.1) is 19.7 Å². The van der Waals surface area contributed by atoms with Gasteiger partial charge in [-0.1, -0.05) is 35.9 Å². The first-order valence-electron chi connectivity index (χ1n) is 9.44. The van der Waals surface area contributed by atoms with Crippen LogP contribution < -0.4 is 0 Å². The van der Waals surface area contributed by atoms with E-state index in [2.05, 4.69) is 6.07 Å². The van der Waals surface area contributed by atoms with Crippen molar-refractivity contribution in [1.82, 2.24) is 4.90 Å². The lowest BCUT2D eigenvalue weighted by molar-refractivity contribution is -0.144. The van der Waals surface area contributed by atoms with Crippen LogP contribution in [0.15, 0.2) is 48.5 Å². The lowest BCUT2D eigenvalue weighted by atomic mass is 10.1. The molecule has 0 atom stereocenters. The second-order valence-electron chi connectivity index (χ2n) is 7.10. The maximum Gasteiger partial charge on any atom is 0.331 e. The highest BCUT2D eigenvalue weighted by Gasteiger charge is 2.26. The number of ether oxygens (including phenoxy) is 1. The molecule has 1 amide bonds.